The van der Waals surface area contributed by atoms with Crippen LogP contribution in [0.4, 0.5) is 0 Å². The number of allylic oxidation sites excluding steroid dienone is 4. The van der Waals surface area contributed by atoms with E-state index in [4.69, 9.17) is 21.7 Å². The van der Waals surface area contributed by atoms with E-state index in [1.807, 2.05) is 0 Å². The molecule has 0 aromatic carbocycles. The lowest BCUT2D eigenvalue weighted by molar-refractivity contribution is -0.138. The van der Waals surface area contributed by atoms with Crippen molar-refractivity contribution in [3.8, 4) is 0 Å². The van der Waals surface area contributed by atoms with Crippen LogP contribution in [-0.2, 0) is 9.59 Å². The molecule has 0 aromatic rings. The molecule has 286 valence electrons. The van der Waals surface area contributed by atoms with Crippen molar-refractivity contribution in [1.29, 1.82) is 0 Å². The van der Waals surface area contributed by atoms with Crippen molar-refractivity contribution in [1.82, 2.24) is 0 Å². The van der Waals surface area contributed by atoms with Crippen LogP contribution in [0.3, 0.4) is 0 Å². The Labute approximate surface area is 302 Å². The van der Waals surface area contributed by atoms with Crippen molar-refractivity contribution in [2.24, 2.45) is 22.4 Å². The Bertz CT molecular complexity index is 823. The fourth-order valence-corrected chi connectivity index (χ4v) is 6.61. The van der Waals surface area contributed by atoms with E-state index >= 15 is 0 Å². The zero-order valence-corrected chi connectivity index (χ0v) is 31.7. The van der Waals surface area contributed by atoms with Crippen LogP contribution in [0.15, 0.2) is 29.3 Å². The maximum Gasteiger partial charge on any atom is 0.303 e. The molecule has 0 saturated carbocycles. The zero-order chi connectivity index (χ0) is 35.9. The van der Waals surface area contributed by atoms with Gasteiger partial charge in [-0.2, -0.15) is 0 Å². The second kappa shape index (κ2) is 38.5. The van der Waals surface area contributed by atoms with Gasteiger partial charge in [0.15, 0.2) is 5.96 Å². The largest absolute Gasteiger partial charge is 0.481 e. The number of nitrogens with zero attached hydrogens (tertiary/aromatic N) is 1. The van der Waals surface area contributed by atoms with Gasteiger partial charge in [-0.15, -0.1) is 0 Å². The Morgan fingerprint density at radius 2 is 0.714 bits per heavy atom. The molecule has 0 aliphatic heterocycles. The average Bonchev–Trinajstić information content (AvgIpc) is 3.06. The molecule has 0 radical (unpaired) electrons. The Morgan fingerprint density at radius 3 is 1.04 bits per heavy atom. The molecule has 0 spiro atoms. The Kier molecular flexibility index (Phi) is 36.7. The van der Waals surface area contributed by atoms with E-state index < -0.39 is 11.9 Å². The number of nitrogens with two attached hydrogens (primary N) is 2. The summed E-state index contributed by atoms with van der Waals surface area (Å²) in [7, 11) is 0. The summed E-state index contributed by atoms with van der Waals surface area (Å²) in [5, 5.41) is 17.3. The van der Waals surface area contributed by atoms with Crippen LogP contribution in [0.2, 0.25) is 0 Å². The Hall–Kier alpha value is -2.31. The predicted molar refractivity (Wildman–Crippen MR) is 210 cm³/mol. The zero-order valence-electron chi connectivity index (χ0n) is 31.7. The van der Waals surface area contributed by atoms with Crippen LogP contribution in [-0.4, -0.2) is 34.7 Å². The minimum atomic E-state index is -0.674. The first-order valence-electron chi connectivity index (χ1n) is 20.7. The first kappa shape index (κ1) is 46.7. The van der Waals surface area contributed by atoms with Gasteiger partial charge < -0.3 is 21.7 Å². The van der Waals surface area contributed by atoms with Gasteiger partial charge in [0, 0.05) is 19.4 Å². The van der Waals surface area contributed by atoms with E-state index in [1.54, 1.807) is 0 Å². The van der Waals surface area contributed by atoms with E-state index in [-0.39, 0.29) is 5.96 Å². The molecule has 0 bridgehead atoms. The van der Waals surface area contributed by atoms with E-state index in [0.717, 1.165) is 70.3 Å². The van der Waals surface area contributed by atoms with Gasteiger partial charge in [-0.3, -0.25) is 14.6 Å². The lowest BCUT2D eigenvalue weighted by atomic mass is 9.90. The smallest absolute Gasteiger partial charge is 0.303 e. The van der Waals surface area contributed by atoms with E-state index in [2.05, 4.69) is 29.3 Å². The highest BCUT2D eigenvalue weighted by Gasteiger charge is 2.09. The van der Waals surface area contributed by atoms with Crippen molar-refractivity contribution >= 4 is 17.9 Å². The number of guanidine groups is 1. The van der Waals surface area contributed by atoms with Crippen LogP contribution in [0.1, 0.15) is 212 Å². The number of carbonyl (C=O) groups is 2. The summed E-state index contributed by atoms with van der Waals surface area (Å²) in [5.41, 5.74) is 11.1. The number of hydrogen-bond donors (Lipinski definition) is 4. The van der Waals surface area contributed by atoms with Crippen LogP contribution in [0, 0.1) is 5.92 Å². The van der Waals surface area contributed by atoms with Gasteiger partial charge >= 0.3 is 11.9 Å². The van der Waals surface area contributed by atoms with Crippen molar-refractivity contribution in [2.45, 2.75) is 212 Å². The third kappa shape index (κ3) is 41.8. The third-order valence-corrected chi connectivity index (χ3v) is 9.64. The molecule has 0 aliphatic rings. The maximum atomic E-state index is 10.5. The molecule has 0 amide bonds. The van der Waals surface area contributed by atoms with Crippen LogP contribution >= 0.6 is 0 Å². The van der Waals surface area contributed by atoms with Gasteiger partial charge in [0.05, 0.1) is 0 Å². The number of unbranched alkanes of at least 4 members (excludes halogenated alkanes) is 23. The predicted octanol–water partition coefficient (Wildman–Crippen LogP) is 12.0. The molecule has 1 atom stereocenters. The minimum Gasteiger partial charge on any atom is -0.481 e. The van der Waals surface area contributed by atoms with Crippen LogP contribution in [0.25, 0.3) is 0 Å². The molecule has 0 aliphatic carbocycles. The Balaban J connectivity index is 3.77. The van der Waals surface area contributed by atoms with Gasteiger partial charge in [0.2, 0.25) is 0 Å². The number of carboxylic acid groups (broad SMARTS) is 2. The molecule has 7 heteroatoms. The van der Waals surface area contributed by atoms with E-state index in [0.29, 0.717) is 12.8 Å². The molecule has 6 N–H and O–H groups in total. The van der Waals surface area contributed by atoms with Crippen LogP contribution in [0.5, 0.6) is 0 Å². The van der Waals surface area contributed by atoms with Crippen LogP contribution < -0.4 is 11.5 Å². The molecular weight excluding hydrogens is 610 g/mol. The van der Waals surface area contributed by atoms with Gasteiger partial charge in [-0.1, -0.05) is 146 Å². The van der Waals surface area contributed by atoms with E-state index in [1.165, 1.54) is 141 Å². The number of carboxylic acids is 2. The lowest BCUT2D eigenvalue weighted by Gasteiger charge is -2.16. The summed E-state index contributed by atoms with van der Waals surface area (Å²) >= 11 is 0. The van der Waals surface area contributed by atoms with E-state index in [9.17, 15) is 9.59 Å². The fourth-order valence-electron chi connectivity index (χ4n) is 6.61. The van der Waals surface area contributed by atoms with Gasteiger partial charge in [-0.25, -0.2) is 0 Å². The highest BCUT2D eigenvalue weighted by atomic mass is 16.4. The molecule has 7 nitrogen and oxygen atoms in total. The fraction of sp³-hybridized carbons (Fsp3) is 0.833. The summed E-state index contributed by atoms with van der Waals surface area (Å²) in [4.78, 5) is 25.2. The number of aliphatic carboxylic acids is 2. The first-order valence-corrected chi connectivity index (χ1v) is 20.7. The van der Waals surface area contributed by atoms with Crippen molar-refractivity contribution < 1.29 is 19.8 Å². The standard InChI is InChI=1S/C42H79N3O4/c43-42(44)45-38-32-35-39(34-29-25-21-17-13-9-5-3-7-11-15-19-23-27-31-37-41(48)49)33-28-24-20-16-12-8-4-1-2-6-10-14-18-22-26-30-36-40(46)47/h2-3,6-7,39H,1,4-5,8-38H2,(H,46,47)(H,48,49)(H4,43,44,45)/b6-2-,7-3-/t39-/m1/s1. The third-order valence-electron chi connectivity index (χ3n) is 9.64. The van der Waals surface area contributed by atoms with Crippen molar-refractivity contribution in [2.75, 3.05) is 6.54 Å². The average molecular weight is 690 g/mol. The molecule has 0 unspecified atom stereocenters. The monoisotopic (exact) mass is 690 g/mol. The van der Waals surface area contributed by atoms with Crippen molar-refractivity contribution in [3.63, 3.8) is 0 Å². The quantitative estimate of drug-likeness (QED) is 0.0219. The second-order valence-electron chi connectivity index (χ2n) is 14.4. The summed E-state index contributed by atoms with van der Waals surface area (Å²) in [5.74, 6) is -0.323. The highest BCUT2D eigenvalue weighted by Crippen LogP contribution is 2.24. The normalized spacial score (nSPS) is 12.2. The summed E-state index contributed by atoms with van der Waals surface area (Å²) in [6.45, 7) is 0.757. The molecule has 0 rings (SSSR count). The lowest BCUT2D eigenvalue weighted by Crippen LogP contribution is -2.23. The van der Waals surface area contributed by atoms with Crippen molar-refractivity contribution in [3.05, 3.63) is 24.3 Å². The minimum absolute atomic E-state index is 0.211. The molecule has 0 fully saturated rings. The summed E-state index contributed by atoms with van der Waals surface area (Å²) in [6.07, 6.45) is 48.3. The maximum absolute atomic E-state index is 10.5. The number of rotatable bonds is 39. The second-order valence-corrected chi connectivity index (χ2v) is 14.4. The molecular formula is C42H79N3O4. The molecule has 49 heavy (non-hydrogen) atoms. The van der Waals surface area contributed by atoms with Gasteiger partial charge in [0.25, 0.3) is 0 Å². The number of hydrogen-bond acceptors (Lipinski definition) is 3. The SMILES string of the molecule is NC(N)=NCCC[C@@H](CCCCCCCC/C=C\CCCCCCCC(=O)O)CCCCCCCCC/C=C\CCCCCCCC(=O)O. The molecule has 0 aromatic heterocycles. The number of aliphatic imine (C=N–C) groups is 1. The molecule has 0 heterocycles. The Morgan fingerprint density at radius 1 is 0.429 bits per heavy atom. The molecule has 0 saturated heterocycles. The summed E-state index contributed by atoms with van der Waals surface area (Å²) < 4.78 is 0. The van der Waals surface area contributed by atoms with Gasteiger partial charge in [0.1, 0.15) is 0 Å². The summed E-state index contributed by atoms with van der Waals surface area (Å²) in [6, 6.07) is 0. The first-order chi connectivity index (χ1) is 23.9. The van der Waals surface area contributed by atoms with Gasteiger partial charge in [-0.05, 0) is 83.0 Å². The topological polar surface area (TPSA) is 139 Å². The highest BCUT2D eigenvalue weighted by molar-refractivity contribution is 5.75.